The van der Waals surface area contributed by atoms with Crippen LogP contribution in [0.5, 0.6) is 0 Å². The lowest BCUT2D eigenvalue weighted by Gasteiger charge is -2.31. The van der Waals surface area contributed by atoms with E-state index in [9.17, 15) is 35.5 Å². The highest BCUT2D eigenvalue weighted by molar-refractivity contribution is 7.22. The predicted octanol–water partition coefficient (Wildman–Crippen LogP) is 6.33. The molecule has 3 aromatic rings. The van der Waals surface area contributed by atoms with Crippen molar-refractivity contribution in [2.45, 2.75) is 25.2 Å². The largest absolute Gasteiger partial charge is 0.416 e. The number of amides is 1. The van der Waals surface area contributed by atoms with E-state index in [1.807, 2.05) is 4.90 Å². The number of aromatic nitrogens is 1. The van der Waals surface area contributed by atoms with Gasteiger partial charge in [0.25, 0.3) is 0 Å². The Kier molecular flexibility index (Phi) is 5.97. The number of para-hydroxylation sites is 1. The fourth-order valence-electron chi connectivity index (χ4n) is 3.64. The van der Waals surface area contributed by atoms with E-state index >= 15 is 0 Å². The van der Waals surface area contributed by atoms with Crippen molar-refractivity contribution in [2.24, 2.45) is 5.92 Å². The predicted molar refractivity (Wildman–Crippen MR) is 110 cm³/mol. The van der Waals surface area contributed by atoms with Crippen LogP contribution in [0.25, 0.3) is 10.2 Å². The van der Waals surface area contributed by atoms with Crippen LogP contribution in [0.1, 0.15) is 24.0 Å². The van der Waals surface area contributed by atoms with Gasteiger partial charge in [0.05, 0.1) is 15.8 Å². The zero-order valence-electron chi connectivity index (χ0n) is 16.7. The Labute approximate surface area is 187 Å². The maximum absolute atomic E-state index is 13.9. The lowest BCUT2D eigenvalue weighted by molar-refractivity contribution is -0.143. The fraction of sp³-hybridized carbons (Fsp3) is 0.333. The molecule has 1 aromatic heterocycles. The van der Waals surface area contributed by atoms with Crippen molar-refractivity contribution < 1.29 is 35.5 Å². The van der Waals surface area contributed by atoms with Crippen molar-refractivity contribution in [3.63, 3.8) is 0 Å². The molecule has 2 heterocycles. The van der Waals surface area contributed by atoms with Gasteiger partial charge in [-0.25, -0.2) is 9.37 Å². The summed E-state index contributed by atoms with van der Waals surface area (Å²) in [6, 6.07) is 5.60. The van der Waals surface area contributed by atoms with Gasteiger partial charge in [-0.2, -0.15) is 26.3 Å². The highest BCUT2D eigenvalue weighted by Crippen LogP contribution is 2.38. The van der Waals surface area contributed by atoms with Gasteiger partial charge in [0.15, 0.2) is 5.13 Å². The third-order valence-corrected chi connectivity index (χ3v) is 6.43. The molecule has 12 heteroatoms. The number of hydrogen-bond acceptors (Lipinski definition) is 4. The molecule has 0 bridgehead atoms. The van der Waals surface area contributed by atoms with Crippen LogP contribution in [0.2, 0.25) is 0 Å². The molecule has 1 saturated heterocycles. The first-order valence-corrected chi connectivity index (χ1v) is 10.6. The molecule has 0 aliphatic carbocycles. The zero-order chi connectivity index (χ0) is 24.0. The molecule has 0 saturated carbocycles. The smallest absolute Gasteiger partial charge is 0.348 e. The van der Waals surface area contributed by atoms with E-state index in [1.54, 1.807) is 12.1 Å². The minimum atomic E-state index is -5.00. The minimum absolute atomic E-state index is 0.00891. The third-order valence-electron chi connectivity index (χ3n) is 5.35. The summed E-state index contributed by atoms with van der Waals surface area (Å²) < 4.78 is 92.7. The first-order valence-electron chi connectivity index (χ1n) is 9.82. The van der Waals surface area contributed by atoms with Crippen molar-refractivity contribution in [2.75, 3.05) is 23.3 Å². The molecule has 1 N–H and O–H groups in total. The summed E-state index contributed by atoms with van der Waals surface area (Å²) in [5, 5.41) is 2.78. The molecule has 33 heavy (non-hydrogen) atoms. The average Bonchev–Trinajstić information content (AvgIpc) is 3.18. The van der Waals surface area contributed by atoms with Gasteiger partial charge in [0.2, 0.25) is 5.91 Å². The number of carbonyl (C=O) groups excluding carboxylic acids is 1. The summed E-state index contributed by atoms with van der Waals surface area (Å²) in [4.78, 5) is 18.7. The number of halogens is 7. The molecule has 0 radical (unpaired) electrons. The van der Waals surface area contributed by atoms with Crippen LogP contribution in [0, 0.1) is 11.7 Å². The number of hydrogen-bond donors (Lipinski definition) is 1. The molecule has 1 aliphatic rings. The van der Waals surface area contributed by atoms with E-state index in [0.717, 1.165) is 0 Å². The van der Waals surface area contributed by atoms with Crippen LogP contribution < -0.4 is 10.2 Å². The molecule has 2 aromatic carbocycles. The number of alkyl halides is 6. The van der Waals surface area contributed by atoms with Crippen LogP contribution in [-0.2, 0) is 17.1 Å². The number of nitrogens with zero attached hydrogens (tertiary/aromatic N) is 2. The molecular formula is C21H16F7N3OS. The van der Waals surface area contributed by atoms with Gasteiger partial charge in [-0.05, 0) is 43.2 Å². The monoisotopic (exact) mass is 491 g/mol. The topological polar surface area (TPSA) is 45.2 Å². The molecule has 176 valence electrons. The summed E-state index contributed by atoms with van der Waals surface area (Å²) in [5.74, 6) is -1.70. The summed E-state index contributed by atoms with van der Waals surface area (Å²) in [6.07, 6.45) is -9.36. The van der Waals surface area contributed by atoms with E-state index in [1.165, 1.54) is 17.4 Å². The maximum Gasteiger partial charge on any atom is 0.416 e. The van der Waals surface area contributed by atoms with Crippen molar-refractivity contribution in [3.05, 3.63) is 53.3 Å². The van der Waals surface area contributed by atoms with Crippen molar-refractivity contribution in [3.8, 4) is 0 Å². The first-order chi connectivity index (χ1) is 15.4. The molecule has 0 atom stereocenters. The molecule has 0 spiro atoms. The fourth-order valence-corrected chi connectivity index (χ4v) is 4.67. The second-order valence-electron chi connectivity index (χ2n) is 7.63. The summed E-state index contributed by atoms with van der Waals surface area (Å²) >= 11 is 1.30. The van der Waals surface area contributed by atoms with E-state index in [2.05, 4.69) is 10.3 Å². The van der Waals surface area contributed by atoms with Crippen LogP contribution in [0.15, 0.2) is 36.4 Å². The van der Waals surface area contributed by atoms with E-state index < -0.39 is 46.8 Å². The Bertz CT molecular complexity index is 1150. The lowest BCUT2D eigenvalue weighted by atomic mass is 9.96. The van der Waals surface area contributed by atoms with Gasteiger partial charge in [-0.3, -0.25) is 4.79 Å². The summed E-state index contributed by atoms with van der Waals surface area (Å²) in [5.41, 5.74) is -3.30. The number of benzene rings is 2. The number of fused-ring (bicyclic) bond motifs is 1. The number of carbonyl (C=O) groups is 1. The molecule has 1 fully saturated rings. The Morgan fingerprint density at radius 1 is 1.00 bits per heavy atom. The SMILES string of the molecule is O=C(Nc1cc(C(F)(F)F)cc(C(F)(F)F)c1)C1CCN(c2nc3c(F)cccc3s2)CC1. The van der Waals surface area contributed by atoms with Gasteiger partial charge < -0.3 is 10.2 Å². The Morgan fingerprint density at radius 2 is 1.61 bits per heavy atom. The van der Waals surface area contributed by atoms with Crippen LogP contribution in [0.4, 0.5) is 41.6 Å². The number of anilines is 2. The first kappa shape index (κ1) is 23.3. The highest BCUT2D eigenvalue weighted by atomic mass is 32.1. The second kappa shape index (κ2) is 8.47. The number of rotatable bonds is 3. The second-order valence-corrected chi connectivity index (χ2v) is 8.64. The normalized spacial score (nSPS) is 15.8. The minimum Gasteiger partial charge on any atom is -0.348 e. The van der Waals surface area contributed by atoms with Crippen molar-refractivity contribution in [1.82, 2.24) is 4.98 Å². The Balaban J connectivity index is 1.45. The molecule has 1 aliphatic heterocycles. The number of nitrogens with one attached hydrogen (secondary N) is 1. The van der Waals surface area contributed by atoms with Crippen molar-refractivity contribution in [1.29, 1.82) is 0 Å². The van der Waals surface area contributed by atoms with Gasteiger partial charge in [0.1, 0.15) is 11.3 Å². The Hall–Kier alpha value is -2.89. The van der Waals surface area contributed by atoms with E-state index in [4.69, 9.17) is 0 Å². The van der Waals surface area contributed by atoms with Crippen LogP contribution in [0.3, 0.4) is 0 Å². The summed E-state index contributed by atoms with van der Waals surface area (Å²) in [7, 11) is 0. The quantitative estimate of drug-likeness (QED) is 0.436. The maximum atomic E-state index is 13.9. The van der Waals surface area contributed by atoms with Gasteiger partial charge in [-0.1, -0.05) is 17.4 Å². The highest BCUT2D eigenvalue weighted by Gasteiger charge is 2.37. The number of piperidine rings is 1. The number of thiazole rings is 1. The summed E-state index contributed by atoms with van der Waals surface area (Å²) in [6.45, 7) is 0.770. The molecule has 4 rings (SSSR count). The van der Waals surface area contributed by atoms with E-state index in [0.29, 0.717) is 47.9 Å². The molecule has 4 nitrogen and oxygen atoms in total. The van der Waals surface area contributed by atoms with Crippen LogP contribution in [-0.4, -0.2) is 24.0 Å². The molecular weight excluding hydrogens is 475 g/mol. The van der Waals surface area contributed by atoms with Crippen LogP contribution >= 0.6 is 11.3 Å². The van der Waals surface area contributed by atoms with Gasteiger partial charge in [0, 0.05) is 24.7 Å². The van der Waals surface area contributed by atoms with Gasteiger partial charge >= 0.3 is 12.4 Å². The molecule has 1 amide bonds. The van der Waals surface area contributed by atoms with Crippen molar-refractivity contribution >= 4 is 38.3 Å². The zero-order valence-corrected chi connectivity index (χ0v) is 17.5. The van der Waals surface area contributed by atoms with E-state index in [-0.39, 0.29) is 11.6 Å². The lowest BCUT2D eigenvalue weighted by Crippen LogP contribution is -2.38. The average molecular weight is 491 g/mol. The standard InChI is InChI=1S/C21H16F7N3OS/c22-15-2-1-3-16-17(15)30-19(33-16)31-6-4-11(5-7-31)18(32)29-14-9-12(20(23,24)25)8-13(10-14)21(26,27)28/h1-3,8-11H,4-7H2,(H,29,32). The Morgan fingerprint density at radius 3 is 2.15 bits per heavy atom. The molecule has 0 unspecified atom stereocenters. The van der Waals surface area contributed by atoms with Gasteiger partial charge in [-0.15, -0.1) is 0 Å². The third kappa shape index (κ3) is 5.05.